The average molecular weight is 322 g/mol. The Morgan fingerprint density at radius 3 is 2.75 bits per heavy atom. The van der Waals surface area contributed by atoms with Crippen LogP contribution in [0.3, 0.4) is 0 Å². The summed E-state index contributed by atoms with van der Waals surface area (Å²) in [4.78, 5) is 7.02. The summed E-state index contributed by atoms with van der Waals surface area (Å²) < 4.78 is 0. The van der Waals surface area contributed by atoms with Crippen LogP contribution in [0.2, 0.25) is 0 Å². The highest BCUT2D eigenvalue weighted by Crippen LogP contribution is 2.35. The molecule has 0 spiro atoms. The lowest BCUT2D eigenvalue weighted by molar-refractivity contribution is 0.578. The van der Waals surface area contributed by atoms with Gasteiger partial charge >= 0.3 is 0 Å². The molecule has 0 bridgehead atoms. The Hall–Kier alpha value is -2.76. The molecule has 3 aromatic rings. The fourth-order valence-electron chi connectivity index (χ4n) is 3.35. The van der Waals surface area contributed by atoms with Gasteiger partial charge in [-0.1, -0.05) is 18.2 Å². The molecule has 1 fully saturated rings. The summed E-state index contributed by atoms with van der Waals surface area (Å²) >= 11 is 0. The molecule has 6 nitrogen and oxygen atoms in total. The second-order valence-corrected chi connectivity index (χ2v) is 6.34. The first kappa shape index (κ1) is 14.8. The summed E-state index contributed by atoms with van der Waals surface area (Å²) in [5.41, 5.74) is 10.3. The molecule has 6 heteroatoms. The molecule has 1 aliphatic rings. The number of nitrogens with two attached hydrogens (primary N) is 1. The molecule has 0 saturated carbocycles. The number of anilines is 4. The van der Waals surface area contributed by atoms with Crippen molar-refractivity contribution in [2.45, 2.75) is 26.2 Å². The van der Waals surface area contributed by atoms with E-state index in [1.165, 1.54) is 24.8 Å². The van der Waals surface area contributed by atoms with Crippen molar-refractivity contribution in [3.63, 3.8) is 0 Å². The van der Waals surface area contributed by atoms with E-state index < -0.39 is 0 Å². The number of aromatic amines is 1. The van der Waals surface area contributed by atoms with Crippen molar-refractivity contribution < 1.29 is 0 Å². The second kappa shape index (κ2) is 6.03. The lowest BCUT2D eigenvalue weighted by Gasteiger charge is -2.29. The number of nitrogens with zero attached hydrogens (tertiary/aromatic N) is 3. The minimum atomic E-state index is 0.529. The van der Waals surface area contributed by atoms with Gasteiger partial charge in [-0.3, -0.25) is 5.10 Å². The van der Waals surface area contributed by atoms with E-state index in [1.54, 1.807) is 0 Å². The summed E-state index contributed by atoms with van der Waals surface area (Å²) in [5, 5.41) is 11.6. The molecule has 1 aliphatic heterocycles. The van der Waals surface area contributed by atoms with E-state index in [0.29, 0.717) is 5.82 Å². The number of rotatable bonds is 3. The molecule has 0 amide bonds. The molecule has 24 heavy (non-hydrogen) atoms. The number of hydrogen-bond acceptors (Lipinski definition) is 5. The van der Waals surface area contributed by atoms with Gasteiger partial charge in [-0.15, -0.1) is 0 Å². The number of fused-ring (bicyclic) bond motifs is 1. The molecule has 0 atom stereocenters. The highest BCUT2D eigenvalue weighted by Gasteiger charge is 2.19. The van der Waals surface area contributed by atoms with Gasteiger partial charge in [-0.2, -0.15) is 5.10 Å². The van der Waals surface area contributed by atoms with E-state index in [2.05, 4.69) is 38.4 Å². The molecule has 4 rings (SSSR count). The minimum absolute atomic E-state index is 0.529. The molecule has 0 aliphatic carbocycles. The van der Waals surface area contributed by atoms with Crippen molar-refractivity contribution in [1.82, 2.24) is 15.2 Å². The molecule has 2 aromatic heterocycles. The van der Waals surface area contributed by atoms with Crippen molar-refractivity contribution in [2.75, 3.05) is 29.0 Å². The fourth-order valence-corrected chi connectivity index (χ4v) is 3.35. The van der Waals surface area contributed by atoms with E-state index in [4.69, 9.17) is 5.73 Å². The third-order valence-corrected chi connectivity index (χ3v) is 4.70. The van der Waals surface area contributed by atoms with Crippen LogP contribution in [0.5, 0.6) is 0 Å². The molecular weight excluding hydrogens is 300 g/mol. The van der Waals surface area contributed by atoms with Crippen LogP contribution in [0.1, 0.15) is 24.8 Å². The molecule has 124 valence electrons. The summed E-state index contributed by atoms with van der Waals surface area (Å²) in [6, 6.07) is 8.15. The maximum atomic E-state index is 6.15. The van der Waals surface area contributed by atoms with E-state index in [0.717, 1.165) is 41.2 Å². The SMILES string of the molecule is Cc1ccccc1Nc1ncc(N2CCCCC2)c2c(N)n[nH]c12. The van der Waals surface area contributed by atoms with Crippen LogP contribution in [0.4, 0.5) is 23.0 Å². The van der Waals surface area contributed by atoms with Gasteiger partial charge in [-0.25, -0.2) is 4.98 Å². The van der Waals surface area contributed by atoms with Crippen LogP contribution in [0.15, 0.2) is 30.5 Å². The van der Waals surface area contributed by atoms with E-state index in [1.807, 2.05) is 24.4 Å². The number of nitrogens with one attached hydrogen (secondary N) is 2. The number of piperidine rings is 1. The molecule has 0 radical (unpaired) electrons. The molecule has 3 heterocycles. The summed E-state index contributed by atoms with van der Waals surface area (Å²) in [6.07, 6.45) is 5.63. The summed E-state index contributed by atoms with van der Waals surface area (Å²) in [6.45, 7) is 4.17. The molecule has 4 N–H and O–H groups in total. The lowest BCUT2D eigenvalue weighted by atomic mass is 10.1. The number of hydrogen-bond donors (Lipinski definition) is 3. The standard InChI is InChI=1S/C18H22N6/c1-12-7-3-4-8-13(12)21-18-16-15(17(19)23-22-16)14(11-20-18)24-9-5-2-6-10-24/h3-4,7-8,11H,2,5-6,9-10H2,1H3,(H,20,21)(H3,19,22,23). The monoisotopic (exact) mass is 322 g/mol. The van der Waals surface area contributed by atoms with E-state index in [9.17, 15) is 0 Å². The smallest absolute Gasteiger partial charge is 0.156 e. The maximum absolute atomic E-state index is 6.15. The molecule has 0 unspecified atom stereocenters. The first-order valence-corrected chi connectivity index (χ1v) is 8.44. The minimum Gasteiger partial charge on any atom is -0.382 e. The highest BCUT2D eigenvalue weighted by atomic mass is 15.2. The average Bonchev–Trinajstić information content (AvgIpc) is 3.00. The number of aryl methyl sites for hydroxylation is 1. The van der Waals surface area contributed by atoms with Gasteiger partial charge in [0.15, 0.2) is 11.6 Å². The Bertz CT molecular complexity index is 863. The van der Waals surface area contributed by atoms with Crippen molar-refractivity contribution in [3.8, 4) is 0 Å². The van der Waals surface area contributed by atoms with E-state index in [-0.39, 0.29) is 0 Å². The Kier molecular flexibility index (Phi) is 3.72. The van der Waals surface area contributed by atoms with Crippen molar-refractivity contribution >= 4 is 33.9 Å². The Labute approximate surface area is 141 Å². The van der Waals surface area contributed by atoms with Crippen LogP contribution in [-0.4, -0.2) is 28.3 Å². The number of para-hydroxylation sites is 1. The normalized spacial score (nSPS) is 15.0. The van der Waals surface area contributed by atoms with Crippen molar-refractivity contribution in [2.24, 2.45) is 0 Å². The Morgan fingerprint density at radius 1 is 1.17 bits per heavy atom. The van der Waals surface area contributed by atoms with Gasteiger partial charge in [0.25, 0.3) is 0 Å². The molecular formula is C18H22N6. The Balaban J connectivity index is 1.77. The quantitative estimate of drug-likeness (QED) is 0.686. The van der Waals surface area contributed by atoms with Crippen molar-refractivity contribution in [3.05, 3.63) is 36.0 Å². The third kappa shape index (κ3) is 2.54. The van der Waals surface area contributed by atoms with Gasteiger partial charge in [0, 0.05) is 18.8 Å². The van der Waals surface area contributed by atoms with Crippen LogP contribution < -0.4 is 16.0 Å². The summed E-state index contributed by atoms with van der Waals surface area (Å²) in [7, 11) is 0. The zero-order chi connectivity index (χ0) is 16.5. The molecule has 1 aromatic carbocycles. The number of pyridine rings is 1. The zero-order valence-corrected chi connectivity index (χ0v) is 13.8. The summed E-state index contributed by atoms with van der Waals surface area (Å²) in [5.74, 6) is 1.28. The van der Waals surface area contributed by atoms with Crippen LogP contribution >= 0.6 is 0 Å². The topological polar surface area (TPSA) is 82.9 Å². The van der Waals surface area contributed by atoms with E-state index >= 15 is 0 Å². The van der Waals surface area contributed by atoms with Crippen LogP contribution in [-0.2, 0) is 0 Å². The Morgan fingerprint density at radius 2 is 1.96 bits per heavy atom. The molecule has 1 saturated heterocycles. The zero-order valence-electron chi connectivity index (χ0n) is 13.8. The highest BCUT2D eigenvalue weighted by molar-refractivity contribution is 6.04. The van der Waals surface area contributed by atoms with Gasteiger partial charge in [0.1, 0.15) is 5.52 Å². The first-order valence-electron chi connectivity index (χ1n) is 8.44. The third-order valence-electron chi connectivity index (χ3n) is 4.70. The van der Waals surface area contributed by atoms with Gasteiger partial charge in [-0.05, 0) is 37.8 Å². The predicted molar refractivity (Wildman–Crippen MR) is 98.8 cm³/mol. The largest absolute Gasteiger partial charge is 0.382 e. The number of H-pyrrole nitrogens is 1. The maximum Gasteiger partial charge on any atom is 0.156 e. The van der Waals surface area contributed by atoms with Gasteiger partial charge in [0.2, 0.25) is 0 Å². The predicted octanol–water partition coefficient (Wildman–Crippen LogP) is 3.58. The second-order valence-electron chi connectivity index (χ2n) is 6.34. The van der Waals surface area contributed by atoms with Crippen LogP contribution in [0.25, 0.3) is 10.9 Å². The van der Waals surface area contributed by atoms with Gasteiger partial charge in [0.05, 0.1) is 17.3 Å². The first-order chi connectivity index (χ1) is 11.7. The lowest BCUT2D eigenvalue weighted by Crippen LogP contribution is -2.29. The van der Waals surface area contributed by atoms with Crippen molar-refractivity contribution in [1.29, 1.82) is 0 Å². The van der Waals surface area contributed by atoms with Gasteiger partial charge < -0.3 is 16.0 Å². The van der Waals surface area contributed by atoms with Crippen LogP contribution in [0, 0.1) is 6.92 Å². The number of nitrogen functional groups attached to an aromatic ring is 1. The number of benzene rings is 1. The fraction of sp³-hybridized carbons (Fsp3) is 0.333. The number of aromatic nitrogens is 3.